The van der Waals surface area contributed by atoms with Crippen LogP contribution in [0.3, 0.4) is 0 Å². The van der Waals surface area contributed by atoms with Gasteiger partial charge in [-0.05, 0) is 25.9 Å². The average molecular weight is 225 g/mol. The van der Waals surface area contributed by atoms with E-state index in [2.05, 4.69) is 22.1 Å². The molecular formula is C11H19N3S. The van der Waals surface area contributed by atoms with E-state index in [1.54, 1.807) is 0 Å². The van der Waals surface area contributed by atoms with Crippen molar-refractivity contribution in [3.8, 4) is 0 Å². The Labute approximate surface area is 95.5 Å². The number of nitrogens with zero attached hydrogens (tertiary/aromatic N) is 2. The molecule has 1 aromatic heterocycles. The Balaban J connectivity index is 1.89. The Morgan fingerprint density at radius 1 is 1.47 bits per heavy atom. The van der Waals surface area contributed by atoms with Crippen molar-refractivity contribution >= 4 is 11.3 Å². The smallest absolute Gasteiger partial charge is 0.107 e. The fourth-order valence-electron chi connectivity index (χ4n) is 1.84. The average Bonchev–Trinajstić information content (AvgIpc) is 2.54. The van der Waals surface area contributed by atoms with Gasteiger partial charge in [-0.3, -0.25) is 4.90 Å². The third-order valence-electron chi connectivity index (χ3n) is 2.74. The van der Waals surface area contributed by atoms with Crippen LogP contribution in [0.2, 0.25) is 0 Å². The quantitative estimate of drug-likeness (QED) is 0.845. The zero-order valence-corrected chi connectivity index (χ0v) is 10.1. The van der Waals surface area contributed by atoms with Crippen LogP contribution in [-0.4, -0.2) is 36.1 Å². The van der Waals surface area contributed by atoms with Crippen LogP contribution in [0.1, 0.15) is 23.2 Å². The first-order valence-electron chi connectivity index (χ1n) is 5.75. The molecule has 3 nitrogen and oxygen atoms in total. The van der Waals surface area contributed by atoms with Gasteiger partial charge in [-0.15, -0.1) is 11.3 Å². The Bertz CT molecular complexity index is 290. The zero-order chi connectivity index (χ0) is 10.5. The first-order chi connectivity index (χ1) is 7.38. The summed E-state index contributed by atoms with van der Waals surface area (Å²) >= 11 is 1.86. The first kappa shape index (κ1) is 11.0. The van der Waals surface area contributed by atoms with Gasteiger partial charge in [0.15, 0.2) is 0 Å². The largest absolute Gasteiger partial charge is 0.315 e. The third-order valence-corrected chi connectivity index (χ3v) is 3.87. The van der Waals surface area contributed by atoms with Crippen LogP contribution in [0.4, 0.5) is 0 Å². The maximum Gasteiger partial charge on any atom is 0.107 e. The molecule has 15 heavy (non-hydrogen) atoms. The molecule has 0 aliphatic carbocycles. The summed E-state index contributed by atoms with van der Waals surface area (Å²) < 4.78 is 0. The van der Waals surface area contributed by atoms with Crippen molar-refractivity contribution < 1.29 is 0 Å². The van der Waals surface area contributed by atoms with Crippen molar-refractivity contribution in [1.29, 1.82) is 0 Å². The highest BCUT2D eigenvalue weighted by atomic mass is 32.1. The summed E-state index contributed by atoms with van der Waals surface area (Å²) in [5.74, 6) is 0. The summed E-state index contributed by atoms with van der Waals surface area (Å²) in [7, 11) is 0. The minimum atomic E-state index is 1.03. The molecule has 1 aliphatic heterocycles. The van der Waals surface area contributed by atoms with Gasteiger partial charge in [0.25, 0.3) is 0 Å². The Hall–Kier alpha value is -0.450. The van der Waals surface area contributed by atoms with Gasteiger partial charge in [-0.2, -0.15) is 0 Å². The lowest BCUT2D eigenvalue weighted by Crippen LogP contribution is -2.27. The van der Waals surface area contributed by atoms with Gasteiger partial charge in [-0.1, -0.05) is 6.92 Å². The number of rotatable bonds is 3. The van der Waals surface area contributed by atoms with Gasteiger partial charge in [0.1, 0.15) is 5.01 Å². The van der Waals surface area contributed by atoms with Crippen LogP contribution >= 0.6 is 11.3 Å². The molecule has 4 heteroatoms. The molecule has 0 bridgehead atoms. The zero-order valence-electron chi connectivity index (χ0n) is 9.33. The standard InChI is InChI=1S/C11H19N3S/c1-2-10-8-13-11(15-10)9-14-6-3-4-12-5-7-14/h8,12H,2-7,9H2,1H3. The van der Waals surface area contributed by atoms with Crippen molar-refractivity contribution in [3.63, 3.8) is 0 Å². The van der Waals surface area contributed by atoms with Crippen molar-refractivity contribution in [1.82, 2.24) is 15.2 Å². The number of hydrogen-bond donors (Lipinski definition) is 1. The second-order valence-corrected chi connectivity index (χ2v) is 5.15. The first-order valence-corrected chi connectivity index (χ1v) is 6.57. The molecule has 1 N–H and O–H groups in total. The van der Waals surface area contributed by atoms with Gasteiger partial charge >= 0.3 is 0 Å². The van der Waals surface area contributed by atoms with Crippen molar-refractivity contribution in [2.45, 2.75) is 26.3 Å². The fraction of sp³-hybridized carbons (Fsp3) is 0.727. The van der Waals surface area contributed by atoms with E-state index in [4.69, 9.17) is 0 Å². The van der Waals surface area contributed by atoms with Crippen LogP contribution in [-0.2, 0) is 13.0 Å². The molecule has 1 fully saturated rings. The summed E-state index contributed by atoms with van der Waals surface area (Å²) in [6, 6.07) is 0. The summed E-state index contributed by atoms with van der Waals surface area (Å²) in [5, 5.41) is 4.69. The highest BCUT2D eigenvalue weighted by Gasteiger charge is 2.10. The normalized spacial score (nSPS) is 19.0. The lowest BCUT2D eigenvalue weighted by atomic mass is 10.4. The maximum absolute atomic E-state index is 4.47. The van der Waals surface area contributed by atoms with Crippen LogP contribution < -0.4 is 5.32 Å². The molecular weight excluding hydrogens is 206 g/mol. The number of aromatic nitrogens is 1. The Morgan fingerprint density at radius 2 is 2.40 bits per heavy atom. The van der Waals surface area contributed by atoms with E-state index in [1.807, 2.05) is 17.5 Å². The third kappa shape index (κ3) is 3.26. The SMILES string of the molecule is CCc1cnc(CN2CCCNCC2)s1. The predicted molar refractivity (Wildman–Crippen MR) is 64.3 cm³/mol. The van der Waals surface area contributed by atoms with Crippen LogP contribution in [0.25, 0.3) is 0 Å². The minimum absolute atomic E-state index is 1.03. The number of aryl methyl sites for hydroxylation is 1. The van der Waals surface area contributed by atoms with E-state index in [-0.39, 0.29) is 0 Å². The van der Waals surface area contributed by atoms with E-state index in [0.29, 0.717) is 0 Å². The van der Waals surface area contributed by atoms with E-state index in [0.717, 1.165) is 32.6 Å². The second kappa shape index (κ2) is 5.58. The fourth-order valence-corrected chi connectivity index (χ4v) is 2.74. The lowest BCUT2D eigenvalue weighted by Gasteiger charge is -2.17. The molecule has 0 saturated carbocycles. The van der Waals surface area contributed by atoms with Crippen molar-refractivity contribution in [3.05, 3.63) is 16.1 Å². The monoisotopic (exact) mass is 225 g/mol. The molecule has 1 saturated heterocycles. The second-order valence-electron chi connectivity index (χ2n) is 3.95. The Morgan fingerprint density at radius 3 is 3.20 bits per heavy atom. The maximum atomic E-state index is 4.47. The Kier molecular flexibility index (Phi) is 4.11. The van der Waals surface area contributed by atoms with Gasteiger partial charge in [-0.25, -0.2) is 4.98 Å². The number of nitrogens with one attached hydrogen (secondary N) is 1. The highest BCUT2D eigenvalue weighted by Crippen LogP contribution is 2.15. The molecule has 0 atom stereocenters. The molecule has 84 valence electrons. The van der Waals surface area contributed by atoms with E-state index >= 15 is 0 Å². The molecule has 0 spiro atoms. The van der Waals surface area contributed by atoms with Gasteiger partial charge in [0.2, 0.25) is 0 Å². The van der Waals surface area contributed by atoms with Gasteiger partial charge in [0.05, 0.1) is 6.54 Å². The topological polar surface area (TPSA) is 28.2 Å². The summed E-state index contributed by atoms with van der Waals surface area (Å²) in [6.45, 7) is 7.86. The minimum Gasteiger partial charge on any atom is -0.315 e. The molecule has 2 heterocycles. The van der Waals surface area contributed by atoms with Gasteiger partial charge in [0, 0.05) is 24.2 Å². The number of thiazole rings is 1. The summed E-state index contributed by atoms with van der Waals surface area (Å²) in [6.07, 6.45) is 4.39. The molecule has 0 amide bonds. The predicted octanol–water partition coefficient (Wildman–Crippen LogP) is 1.50. The molecule has 0 aromatic carbocycles. The molecule has 0 radical (unpaired) electrons. The molecule has 1 aliphatic rings. The van der Waals surface area contributed by atoms with E-state index in [1.165, 1.54) is 22.9 Å². The van der Waals surface area contributed by atoms with Gasteiger partial charge < -0.3 is 5.32 Å². The van der Waals surface area contributed by atoms with Crippen LogP contribution in [0.15, 0.2) is 6.20 Å². The summed E-state index contributed by atoms with van der Waals surface area (Å²) in [4.78, 5) is 8.37. The molecule has 1 aromatic rings. The molecule has 0 unspecified atom stereocenters. The van der Waals surface area contributed by atoms with Crippen molar-refractivity contribution in [2.75, 3.05) is 26.2 Å². The van der Waals surface area contributed by atoms with E-state index in [9.17, 15) is 0 Å². The van der Waals surface area contributed by atoms with E-state index < -0.39 is 0 Å². The van der Waals surface area contributed by atoms with Crippen molar-refractivity contribution in [2.24, 2.45) is 0 Å². The molecule has 2 rings (SSSR count). The number of hydrogen-bond acceptors (Lipinski definition) is 4. The van der Waals surface area contributed by atoms with Crippen LogP contribution in [0, 0.1) is 0 Å². The highest BCUT2D eigenvalue weighted by molar-refractivity contribution is 7.11. The lowest BCUT2D eigenvalue weighted by molar-refractivity contribution is 0.284. The van der Waals surface area contributed by atoms with Crippen LogP contribution in [0.5, 0.6) is 0 Å². The summed E-state index contributed by atoms with van der Waals surface area (Å²) in [5.41, 5.74) is 0.